The van der Waals surface area contributed by atoms with Gasteiger partial charge in [-0.15, -0.1) is 0 Å². The monoisotopic (exact) mass is 361 g/mol. The number of aliphatic carboxylic acids is 1. The maximum atomic E-state index is 11.0. The fraction of sp³-hybridized carbons (Fsp3) is 0.158. The Labute approximate surface area is 173 Å². The molecule has 0 N–H and O–H groups in total. The molecular weight excluding hydrogens is 345 g/mol. The molecule has 0 bridgehead atoms. The normalized spacial score (nSPS) is 10.1. The number of carboxylic acid groups (broad SMARTS) is 1. The smallest absolute Gasteiger partial charge is 0.550 e. The van der Waals surface area contributed by atoms with Crippen LogP contribution in [0.25, 0.3) is 22.4 Å². The predicted molar refractivity (Wildman–Crippen MR) is 89.2 cm³/mol. The first-order chi connectivity index (χ1) is 12.1. The van der Waals surface area contributed by atoms with Gasteiger partial charge in [0, 0.05) is 18.0 Å². The Morgan fingerprint density at radius 2 is 1.46 bits per heavy atom. The molecule has 0 saturated carbocycles. The van der Waals surface area contributed by atoms with Crippen LogP contribution in [0.5, 0.6) is 11.5 Å². The summed E-state index contributed by atoms with van der Waals surface area (Å²) in [6.07, 6.45) is -0.357. The molecule has 0 spiro atoms. The van der Waals surface area contributed by atoms with Crippen LogP contribution >= 0.6 is 0 Å². The molecule has 0 aliphatic carbocycles. The SMILES string of the molecule is COc1ccc(-c2noc(CC(=O)[O-])c2-c2ccc(OC)cc2)cc1.[Na+]. The van der Waals surface area contributed by atoms with Crippen molar-refractivity contribution in [3.05, 3.63) is 54.3 Å². The van der Waals surface area contributed by atoms with Crippen molar-refractivity contribution in [2.24, 2.45) is 0 Å². The zero-order valence-electron chi connectivity index (χ0n) is 14.8. The summed E-state index contributed by atoms with van der Waals surface area (Å²) in [6.45, 7) is 0. The van der Waals surface area contributed by atoms with Gasteiger partial charge in [-0.25, -0.2) is 0 Å². The molecule has 26 heavy (non-hydrogen) atoms. The van der Waals surface area contributed by atoms with Crippen LogP contribution in [0.1, 0.15) is 5.76 Å². The summed E-state index contributed by atoms with van der Waals surface area (Å²) in [5.74, 6) is 0.434. The first kappa shape index (κ1) is 20.0. The third-order valence-corrected chi connectivity index (χ3v) is 3.81. The molecule has 7 heteroatoms. The number of carbonyl (C=O) groups excluding carboxylic acids is 1. The molecule has 0 saturated heterocycles. The number of carbonyl (C=O) groups is 1. The number of rotatable bonds is 6. The second kappa shape index (κ2) is 8.89. The van der Waals surface area contributed by atoms with Gasteiger partial charge in [0.05, 0.1) is 19.8 Å². The predicted octanol–water partition coefficient (Wildman–Crippen LogP) is -0.678. The van der Waals surface area contributed by atoms with Crippen molar-refractivity contribution in [2.45, 2.75) is 6.42 Å². The maximum absolute atomic E-state index is 11.0. The average Bonchev–Trinajstić information content (AvgIpc) is 3.04. The van der Waals surface area contributed by atoms with E-state index in [0.29, 0.717) is 22.8 Å². The van der Waals surface area contributed by atoms with Gasteiger partial charge in [0.25, 0.3) is 0 Å². The number of hydrogen-bond donors (Lipinski definition) is 0. The largest absolute Gasteiger partial charge is 1.00 e. The first-order valence-corrected chi connectivity index (χ1v) is 7.59. The van der Waals surface area contributed by atoms with Crippen molar-refractivity contribution in [3.63, 3.8) is 0 Å². The van der Waals surface area contributed by atoms with E-state index in [-0.39, 0.29) is 41.7 Å². The van der Waals surface area contributed by atoms with Crippen molar-refractivity contribution in [1.82, 2.24) is 5.16 Å². The summed E-state index contributed by atoms with van der Waals surface area (Å²) < 4.78 is 15.6. The quantitative estimate of drug-likeness (QED) is 0.541. The van der Waals surface area contributed by atoms with Crippen LogP contribution in [0, 0.1) is 0 Å². The standard InChI is InChI=1S/C19H17NO5.Na/c1-23-14-7-3-12(4-8-14)18-16(11-17(21)22)25-20-19(18)13-5-9-15(24-2)10-6-13;/h3-10H,11H2,1-2H3,(H,21,22);/q;+1/p-1. The number of benzene rings is 2. The van der Waals surface area contributed by atoms with Gasteiger partial charge in [-0.3, -0.25) is 0 Å². The minimum atomic E-state index is -1.23. The van der Waals surface area contributed by atoms with Gasteiger partial charge >= 0.3 is 29.6 Å². The van der Waals surface area contributed by atoms with Gasteiger partial charge in [0.2, 0.25) is 0 Å². The molecular formula is C19H16NNaO5. The molecule has 3 rings (SSSR count). The van der Waals surface area contributed by atoms with Crippen LogP contribution in [-0.2, 0) is 11.2 Å². The topological polar surface area (TPSA) is 84.6 Å². The van der Waals surface area contributed by atoms with Gasteiger partial charge in [-0.05, 0) is 42.0 Å². The zero-order valence-corrected chi connectivity index (χ0v) is 16.8. The average molecular weight is 361 g/mol. The van der Waals surface area contributed by atoms with Crippen molar-refractivity contribution in [3.8, 4) is 33.9 Å². The molecule has 0 fully saturated rings. The minimum absolute atomic E-state index is 0. The Bertz CT molecular complexity index is 872. The van der Waals surface area contributed by atoms with Crippen LogP contribution in [0.15, 0.2) is 53.1 Å². The van der Waals surface area contributed by atoms with E-state index in [4.69, 9.17) is 14.0 Å². The van der Waals surface area contributed by atoms with Crippen molar-refractivity contribution in [2.75, 3.05) is 14.2 Å². The van der Waals surface area contributed by atoms with Gasteiger partial charge in [0.15, 0.2) is 5.76 Å². The van der Waals surface area contributed by atoms with Crippen LogP contribution in [-0.4, -0.2) is 25.3 Å². The summed E-state index contributed by atoms with van der Waals surface area (Å²) in [6, 6.07) is 14.5. The number of carboxylic acids is 1. The van der Waals surface area contributed by atoms with Gasteiger partial charge < -0.3 is 23.9 Å². The minimum Gasteiger partial charge on any atom is -0.550 e. The van der Waals surface area contributed by atoms with E-state index >= 15 is 0 Å². The summed E-state index contributed by atoms with van der Waals surface area (Å²) in [7, 11) is 3.17. The van der Waals surface area contributed by atoms with Gasteiger partial charge in [0.1, 0.15) is 17.2 Å². The van der Waals surface area contributed by atoms with Gasteiger partial charge in [-0.1, -0.05) is 17.3 Å². The van der Waals surface area contributed by atoms with E-state index in [1.807, 2.05) is 24.3 Å². The first-order valence-electron chi connectivity index (χ1n) is 7.59. The molecule has 0 amide bonds. The van der Waals surface area contributed by atoms with E-state index in [9.17, 15) is 9.90 Å². The van der Waals surface area contributed by atoms with E-state index in [1.165, 1.54) is 0 Å². The summed E-state index contributed by atoms with van der Waals surface area (Å²) in [5.41, 5.74) is 2.75. The van der Waals surface area contributed by atoms with Crippen LogP contribution in [0.3, 0.4) is 0 Å². The molecule has 0 unspecified atom stereocenters. The van der Waals surface area contributed by atoms with Crippen molar-refractivity contribution in [1.29, 1.82) is 0 Å². The van der Waals surface area contributed by atoms with E-state index < -0.39 is 5.97 Å². The van der Waals surface area contributed by atoms with Crippen molar-refractivity contribution >= 4 is 5.97 Å². The van der Waals surface area contributed by atoms with Crippen LogP contribution in [0.2, 0.25) is 0 Å². The summed E-state index contributed by atoms with van der Waals surface area (Å²) in [5, 5.41) is 15.1. The fourth-order valence-electron chi connectivity index (χ4n) is 2.58. The summed E-state index contributed by atoms with van der Waals surface area (Å²) >= 11 is 0. The van der Waals surface area contributed by atoms with E-state index in [2.05, 4.69) is 5.16 Å². The van der Waals surface area contributed by atoms with Crippen LogP contribution in [0.4, 0.5) is 0 Å². The molecule has 1 aromatic heterocycles. The Balaban J connectivity index is 0.00000243. The maximum Gasteiger partial charge on any atom is 1.00 e. The Morgan fingerprint density at radius 3 is 1.92 bits per heavy atom. The van der Waals surface area contributed by atoms with Gasteiger partial charge in [-0.2, -0.15) is 0 Å². The molecule has 6 nitrogen and oxygen atoms in total. The fourth-order valence-corrected chi connectivity index (χ4v) is 2.58. The molecule has 0 aliphatic rings. The Morgan fingerprint density at radius 1 is 0.962 bits per heavy atom. The molecule has 0 aliphatic heterocycles. The number of aromatic nitrogens is 1. The molecule has 0 radical (unpaired) electrons. The zero-order chi connectivity index (χ0) is 17.8. The molecule has 1 heterocycles. The third kappa shape index (κ3) is 4.27. The number of ether oxygens (including phenoxy) is 2. The number of hydrogen-bond acceptors (Lipinski definition) is 6. The summed E-state index contributed by atoms with van der Waals surface area (Å²) in [4.78, 5) is 11.0. The Hall–Kier alpha value is -2.28. The van der Waals surface area contributed by atoms with Crippen molar-refractivity contribution < 1.29 is 53.5 Å². The molecule has 0 atom stereocenters. The van der Waals surface area contributed by atoms with E-state index in [0.717, 1.165) is 11.1 Å². The van der Waals surface area contributed by atoms with E-state index in [1.54, 1.807) is 38.5 Å². The number of methoxy groups -OCH3 is 2. The van der Waals surface area contributed by atoms with Crippen LogP contribution < -0.4 is 44.1 Å². The second-order valence-corrected chi connectivity index (χ2v) is 5.34. The third-order valence-electron chi connectivity index (χ3n) is 3.81. The molecule has 128 valence electrons. The second-order valence-electron chi connectivity index (χ2n) is 5.34. The Kier molecular flexibility index (Phi) is 6.85. The molecule has 2 aromatic carbocycles. The number of nitrogens with zero attached hydrogens (tertiary/aromatic N) is 1. The molecule has 3 aromatic rings.